The van der Waals surface area contributed by atoms with Gasteiger partial charge >= 0.3 is 0 Å². The lowest BCUT2D eigenvalue weighted by atomic mass is 10.1. The van der Waals surface area contributed by atoms with Crippen LogP contribution >= 0.6 is 0 Å². The summed E-state index contributed by atoms with van der Waals surface area (Å²) in [5, 5.41) is 13.7. The molecule has 0 spiro atoms. The van der Waals surface area contributed by atoms with Gasteiger partial charge in [0.05, 0.1) is 29.0 Å². The average molecular weight is 395 g/mol. The monoisotopic (exact) mass is 395 g/mol. The van der Waals surface area contributed by atoms with Gasteiger partial charge in [0.25, 0.3) is 5.69 Å². The number of nitro groups is 1. The number of ether oxygens (including phenoxy) is 1. The number of carbonyl (C=O) groups is 1. The Bertz CT molecular complexity index is 1010. The summed E-state index contributed by atoms with van der Waals surface area (Å²) in [5.41, 5.74) is 1.67. The lowest BCUT2D eigenvalue weighted by molar-refractivity contribution is -0.385. The molecular weight excluding hydrogens is 374 g/mol. The van der Waals surface area contributed by atoms with Crippen molar-refractivity contribution in [3.05, 3.63) is 70.2 Å². The van der Waals surface area contributed by atoms with Gasteiger partial charge < -0.3 is 14.5 Å². The Morgan fingerprint density at radius 3 is 2.69 bits per heavy atom. The van der Waals surface area contributed by atoms with Crippen LogP contribution < -0.4 is 10.1 Å². The van der Waals surface area contributed by atoms with Gasteiger partial charge in [-0.25, -0.2) is 4.98 Å². The maximum absolute atomic E-state index is 12.2. The molecule has 29 heavy (non-hydrogen) atoms. The van der Waals surface area contributed by atoms with Crippen LogP contribution in [0.1, 0.15) is 24.8 Å². The smallest absolute Gasteiger partial charge is 0.274 e. The van der Waals surface area contributed by atoms with E-state index in [1.807, 2.05) is 31.2 Å². The maximum atomic E-state index is 12.2. The van der Waals surface area contributed by atoms with Gasteiger partial charge in [0.15, 0.2) is 11.7 Å². The van der Waals surface area contributed by atoms with Gasteiger partial charge in [0.1, 0.15) is 5.75 Å². The third kappa shape index (κ3) is 4.98. The molecule has 0 aliphatic carbocycles. The number of nitro benzene ring substituents is 1. The van der Waals surface area contributed by atoms with Crippen LogP contribution in [0, 0.1) is 17.0 Å². The number of anilines is 1. The summed E-state index contributed by atoms with van der Waals surface area (Å²) >= 11 is 0. The molecule has 3 rings (SSSR count). The molecule has 8 nitrogen and oxygen atoms in total. The molecule has 1 amide bonds. The topological polar surface area (TPSA) is 108 Å². The Hall–Kier alpha value is -3.68. The van der Waals surface area contributed by atoms with Crippen LogP contribution in [0.15, 0.2) is 53.1 Å². The molecule has 0 radical (unpaired) electrons. The molecule has 0 saturated carbocycles. The third-order valence-electron chi connectivity index (χ3n) is 4.35. The zero-order valence-corrected chi connectivity index (χ0v) is 16.2. The minimum absolute atomic E-state index is 0.0319. The summed E-state index contributed by atoms with van der Waals surface area (Å²) in [7, 11) is 0. The highest BCUT2D eigenvalue weighted by atomic mass is 16.6. The Morgan fingerprint density at radius 2 is 2.00 bits per heavy atom. The predicted molar refractivity (Wildman–Crippen MR) is 108 cm³/mol. The van der Waals surface area contributed by atoms with E-state index >= 15 is 0 Å². The highest BCUT2D eigenvalue weighted by molar-refractivity contribution is 5.92. The fourth-order valence-corrected chi connectivity index (χ4v) is 2.83. The fourth-order valence-electron chi connectivity index (χ4n) is 2.83. The molecule has 3 aromatic rings. The zero-order chi connectivity index (χ0) is 20.8. The maximum Gasteiger partial charge on any atom is 0.274 e. The number of aromatic nitrogens is 1. The number of amides is 1. The number of hydrogen-bond donors (Lipinski definition) is 1. The van der Waals surface area contributed by atoms with Crippen molar-refractivity contribution in [2.45, 2.75) is 26.7 Å². The highest BCUT2D eigenvalue weighted by Gasteiger charge is 2.15. The van der Waals surface area contributed by atoms with Crippen molar-refractivity contribution in [1.82, 2.24) is 4.98 Å². The van der Waals surface area contributed by atoms with E-state index in [2.05, 4.69) is 10.3 Å². The molecule has 0 fully saturated rings. The van der Waals surface area contributed by atoms with Gasteiger partial charge in [-0.05, 0) is 44.2 Å². The van der Waals surface area contributed by atoms with E-state index in [0.717, 1.165) is 11.3 Å². The SMILES string of the molecule is CCOc1ccc(-c2cnc(CCC(=O)Nc3cccc([N+](=O)[O-])c3C)o2)cc1. The number of hydrogen-bond acceptors (Lipinski definition) is 6. The first-order chi connectivity index (χ1) is 14.0. The number of carbonyl (C=O) groups excluding carboxylic acids is 1. The first-order valence-electron chi connectivity index (χ1n) is 9.19. The van der Waals surface area contributed by atoms with E-state index < -0.39 is 4.92 Å². The van der Waals surface area contributed by atoms with Crippen molar-refractivity contribution in [3.8, 4) is 17.1 Å². The van der Waals surface area contributed by atoms with Crippen LogP contribution in [0.3, 0.4) is 0 Å². The molecule has 8 heteroatoms. The molecule has 0 saturated heterocycles. The van der Waals surface area contributed by atoms with Crippen molar-refractivity contribution >= 4 is 17.3 Å². The van der Waals surface area contributed by atoms with Gasteiger partial charge in [0.2, 0.25) is 5.91 Å². The zero-order valence-electron chi connectivity index (χ0n) is 16.2. The van der Waals surface area contributed by atoms with E-state index in [1.54, 1.807) is 19.2 Å². The predicted octanol–water partition coefficient (Wildman–Crippen LogP) is 4.53. The quantitative estimate of drug-likeness (QED) is 0.443. The fraction of sp³-hybridized carbons (Fsp3) is 0.238. The Balaban J connectivity index is 1.59. The molecule has 2 aromatic carbocycles. The molecular formula is C21H21N3O5. The molecule has 1 N–H and O–H groups in total. The van der Waals surface area contributed by atoms with Gasteiger partial charge in [-0.1, -0.05) is 6.07 Å². The Labute approximate surface area is 167 Å². The summed E-state index contributed by atoms with van der Waals surface area (Å²) in [5.74, 6) is 1.57. The molecule has 0 aliphatic rings. The number of oxazole rings is 1. The lowest BCUT2D eigenvalue weighted by Crippen LogP contribution is -2.13. The summed E-state index contributed by atoms with van der Waals surface area (Å²) in [6, 6.07) is 12.1. The highest BCUT2D eigenvalue weighted by Crippen LogP contribution is 2.26. The standard InChI is InChI=1S/C21H21N3O5/c1-3-28-16-9-7-15(8-10-16)19-13-22-21(29-19)12-11-20(25)23-17-5-4-6-18(14(17)2)24(26)27/h4-10,13H,3,11-12H2,1-2H3,(H,23,25). The van der Waals surface area contributed by atoms with Crippen LogP contribution in [0.5, 0.6) is 5.75 Å². The van der Waals surface area contributed by atoms with Gasteiger partial charge in [-0.2, -0.15) is 0 Å². The second-order valence-corrected chi connectivity index (χ2v) is 6.33. The molecule has 0 bridgehead atoms. The average Bonchev–Trinajstić information content (AvgIpc) is 3.18. The van der Waals surface area contributed by atoms with Gasteiger partial charge in [0, 0.05) is 24.5 Å². The first kappa shape index (κ1) is 20.1. The molecule has 150 valence electrons. The number of aryl methyl sites for hydroxylation is 1. The van der Waals surface area contributed by atoms with Crippen molar-refractivity contribution < 1.29 is 18.9 Å². The lowest BCUT2D eigenvalue weighted by Gasteiger charge is -2.08. The summed E-state index contributed by atoms with van der Waals surface area (Å²) in [4.78, 5) is 27.0. The Morgan fingerprint density at radius 1 is 1.24 bits per heavy atom. The van der Waals surface area contributed by atoms with Crippen LogP contribution in [-0.2, 0) is 11.2 Å². The Kier molecular flexibility index (Phi) is 6.23. The number of nitrogens with one attached hydrogen (secondary N) is 1. The van der Waals surface area contributed by atoms with Crippen LogP contribution in [0.25, 0.3) is 11.3 Å². The second kappa shape index (κ2) is 9.01. The number of rotatable bonds is 8. The molecule has 1 aromatic heterocycles. The largest absolute Gasteiger partial charge is 0.494 e. The number of nitrogens with zero attached hydrogens (tertiary/aromatic N) is 2. The van der Waals surface area contributed by atoms with E-state index in [1.165, 1.54) is 12.1 Å². The van der Waals surface area contributed by atoms with E-state index in [0.29, 0.717) is 35.9 Å². The summed E-state index contributed by atoms with van der Waals surface area (Å²) in [6.07, 6.45) is 2.08. The number of benzene rings is 2. The first-order valence-corrected chi connectivity index (χ1v) is 9.19. The summed E-state index contributed by atoms with van der Waals surface area (Å²) < 4.78 is 11.1. The molecule has 0 atom stereocenters. The van der Waals surface area contributed by atoms with Crippen molar-refractivity contribution in [2.75, 3.05) is 11.9 Å². The van der Waals surface area contributed by atoms with Gasteiger partial charge in [-0.3, -0.25) is 14.9 Å². The van der Waals surface area contributed by atoms with Crippen molar-refractivity contribution in [3.63, 3.8) is 0 Å². The van der Waals surface area contributed by atoms with Crippen LogP contribution in [0.4, 0.5) is 11.4 Å². The molecule has 0 unspecified atom stereocenters. The minimum atomic E-state index is -0.472. The van der Waals surface area contributed by atoms with Gasteiger partial charge in [-0.15, -0.1) is 0 Å². The van der Waals surface area contributed by atoms with E-state index in [9.17, 15) is 14.9 Å². The van der Waals surface area contributed by atoms with E-state index in [4.69, 9.17) is 9.15 Å². The van der Waals surface area contributed by atoms with Crippen molar-refractivity contribution in [1.29, 1.82) is 0 Å². The summed E-state index contributed by atoms with van der Waals surface area (Å²) in [6.45, 7) is 4.13. The molecule has 1 heterocycles. The minimum Gasteiger partial charge on any atom is -0.494 e. The third-order valence-corrected chi connectivity index (χ3v) is 4.35. The second-order valence-electron chi connectivity index (χ2n) is 6.33. The normalized spacial score (nSPS) is 10.6. The van der Waals surface area contributed by atoms with E-state index in [-0.39, 0.29) is 18.0 Å². The van der Waals surface area contributed by atoms with Crippen molar-refractivity contribution in [2.24, 2.45) is 0 Å². The van der Waals surface area contributed by atoms with Crippen LogP contribution in [0.2, 0.25) is 0 Å². The van der Waals surface area contributed by atoms with Crippen LogP contribution in [-0.4, -0.2) is 22.4 Å². The molecule has 0 aliphatic heterocycles.